The molecule has 1 aliphatic heterocycles. The highest BCUT2D eigenvalue weighted by Crippen LogP contribution is 2.16. The normalized spacial score (nSPS) is 16.4. The van der Waals surface area contributed by atoms with Crippen molar-refractivity contribution in [1.82, 2.24) is 19.9 Å². The van der Waals surface area contributed by atoms with Gasteiger partial charge in [0.05, 0.1) is 18.4 Å². The Morgan fingerprint density at radius 2 is 2.05 bits per heavy atom. The average molecular weight is 272 g/mol. The van der Waals surface area contributed by atoms with E-state index in [2.05, 4.69) is 43.2 Å². The highest BCUT2D eigenvalue weighted by Gasteiger charge is 2.14. The van der Waals surface area contributed by atoms with Gasteiger partial charge in [-0.05, 0) is 19.2 Å². The molecule has 20 heavy (non-hydrogen) atoms. The van der Waals surface area contributed by atoms with Crippen LogP contribution in [0, 0.1) is 0 Å². The van der Waals surface area contributed by atoms with Gasteiger partial charge in [0.2, 0.25) is 0 Å². The van der Waals surface area contributed by atoms with Crippen molar-refractivity contribution in [3.8, 4) is 0 Å². The van der Waals surface area contributed by atoms with Crippen molar-refractivity contribution >= 4 is 11.5 Å². The van der Waals surface area contributed by atoms with Crippen molar-refractivity contribution in [2.45, 2.75) is 6.54 Å². The fourth-order valence-corrected chi connectivity index (χ4v) is 2.31. The van der Waals surface area contributed by atoms with Gasteiger partial charge in [0.15, 0.2) is 0 Å². The Labute approximate surface area is 118 Å². The predicted molar refractivity (Wildman–Crippen MR) is 79.9 cm³/mol. The van der Waals surface area contributed by atoms with E-state index in [0.717, 1.165) is 37.8 Å². The zero-order valence-electron chi connectivity index (χ0n) is 11.7. The topological polar surface area (TPSA) is 60.1 Å². The molecule has 3 rings (SSSR count). The lowest BCUT2D eigenvalue weighted by molar-refractivity contribution is 0.313. The number of pyridine rings is 1. The van der Waals surface area contributed by atoms with E-state index < -0.39 is 0 Å². The third-order valence-electron chi connectivity index (χ3n) is 3.61. The van der Waals surface area contributed by atoms with Gasteiger partial charge in [-0.25, -0.2) is 9.97 Å². The molecule has 0 aromatic carbocycles. The summed E-state index contributed by atoms with van der Waals surface area (Å²) in [6, 6.07) is 4.15. The maximum absolute atomic E-state index is 4.46. The van der Waals surface area contributed by atoms with Crippen molar-refractivity contribution in [2.24, 2.45) is 0 Å². The van der Waals surface area contributed by atoms with Crippen molar-refractivity contribution in [3.63, 3.8) is 0 Å². The first-order chi connectivity index (χ1) is 9.81. The molecular weight excluding hydrogens is 252 g/mol. The van der Waals surface area contributed by atoms with Gasteiger partial charge in [0, 0.05) is 38.6 Å². The van der Waals surface area contributed by atoms with E-state index in [0.29, 0.717) is 6.54 Å². The van der Waals surface area contributed by atoms with Crippen molar-refractivity contribution in [3.05, 3.63) is 36.5 Å². The van der Waals surface area contributed by atoms with Crippen LogP contribution < -0.4 is 10.2 Å². The Kier molecular flexibility index (Phi) is 3.83. The lowest BCUT2D eigenvalue weighted by Gasteiger charge is -2.33. The molecule has 6 heteroatoms. The van der Waals surface area contributed by atoms with Gasteiger partial charge >= 0.3 is 0 Å². The van der Waals surface area contributed by atoms with E-state index in [1.807, 2.05) is 18.5 Å². The number of likely N-dealkylation sites (N-methyl/N-ethyl adjacent to an activating group) is 1. The number of anilines is 2. The van der Waals surface area contributed by atoms with E-state index in [-0.39, 0.29) is 0 Å². The summed E-state index contributed by atoms with van der Waals surface area (Å²) in [5.74, 6) is 1.79. The van der Waals surface area contributed by atoms with Crippen LogP contribution in [0.15, 0.2) is 30.7 Å². The number of aromatic amines is 1. The molecule has 2 N–H and O–H groups in total. The molecule has 1 saturated heterocycles. The van der Waals surface area contributed by atoms with E-state index in [1.54, 1.807) is 6.20 Å². The minimum Gasteiger partial charge on any atom is -0.368 e. The smallest absolute Gasteiger partial charge is 0.126 e. The van der Waals surface area contributed by atoms with Crippen LogP contribution in [0.4, 0.5) is 11.5 Å². The van der Waals surface area contributed by atoms with Crippen LogP contribution in [0.25, 0.3) is 0 Å². The number of nitrogens with zero attached hydrogens (tertiary/aromatic N) is 4. The SMILES string of the molecule is CN1CCN(c2ccc(NCc3ncc[nH]3)nc2)CC1. The second-order valence-corrected chi connectivity index (χ2v) is 5.08. The van der Waals surface area contributed by atoms with E-state index in [1.165, 1.54) is 5.69 Å². The molecule has 0 radical (unpaired) electrons. The molecule has 2 aromatic heterocycles. The summed E-state index contributed by atoms with van der Waals surface area (Å²) in [5, 5.41) is 3.25. The number of rotatable bonds is 4. The van der Waals surface area contributed by atoms with Gasteiger partial charge in [0.25, 0.3) is 0 Å². The van der Waals surface area contributed by atoms with Gasteiger partial charge in [-0.15, -0.1) is 0 Å². The summed E-state index contributed by atoms with van der Waals surface area (Å²) in [6.07, 6.45) is 5.51. The van der Waals surface area contributed by atoms with Gasteiger partial charge in [-0.1, -0.05) is 0 Å². The number of aromatic nitrogens is 3. The molecule has 3 heterocycles. The highest BCUT2D eigenvalue weighted by atomic mass is 15.2. The summed E-state index contributed by atoms with van der Waals surface area (Å²) in [5.41, 5.74) is 1.20. The minimum atomic E-state index is 0.661. The molecule has 1 aliphatic rings. The molecule has 0 amide bonds. The fraction of sp³-hybridized carbons (Fsp3) is 0.429. The third kappa shape index (κ3) is 3.08. The second kappa shape index (κ2) is 5.92. The maximum atomic E-state index is 4.46. The lowest BCUT2D eigenvalue weighted by atomic mass is 10.3. The Balaban J connectivity index is 1.57. The largest absolute Gasteiger partial charge is 0.368 e. The van der Waals surface area contributed by atoms with Crippen LogP contribution in [0.5, 0.6) is 0 Å². The first-order valence-corrected chi connectivity index (χ1v) is 6.93. The summed E-state index contributed by atoms with van der Waals surface area (Å²) < 4.78 is 0. The quantitative estimate of drug-likeness (QED) is 0.875. The molecule has 0 saturated carbocycles. The first-order valence-electron chi connectivity index (χ1n) is 6.93. The number of imidazole rings is 1. The van der Waals surface area contributed by atoms with Gasteiger partial charge in [-0.2, -0.15) is 0 Å². The molecule has 0 atom stereocenters. The van der Waals surface area contributed by atoms with Crippen molar-refractivity contribution in [1.29, 1.82) is 0 Å². The molecule has 0 aliphatic carbocycles. The number of H-pyrrole nitrogens is 1. The maximum Gasteiger partial charge on any atom is 0.126 e. The zero-order chi connectivity index (χ0) is 13.8. The van der Waals surface area contributed by atoms with Gasteiger partial charge in [-0.3, -0.25) is 0 Å². The number of hydrogen-bond acceptors (Lipinski definition) is 5. The standard InChI is InChI=1S/C14H20N6/c1-19-6-8-20(9-7-19)12-2-3-13(17-10-12)18-11-14-15-4-5-16-14/h2-5,10H,6-9,11H2,1H3,(H,15,16)(H,17,18). The fourth-order valence-electron chi connectivity index (χ4n) is 2.31. The molecule has 1 fully saturated rings. The summed E-state index contributed by atoms with van der Waals surface area (Å²) in [7, 11) is 2.16. The van der Waals surface area contributed by atoms with Crippen LogP contribution in [0.1, 0.15) is 5.82 Å². The van der Waals surface area contributed by atoms with E-state index >= 15 is 0 Å². The van der Waals surface area contributed by atoms with Crippen LogP contribution in [0.2, 0.25) is 0 Å². The Morgan fingerprint density at radius 1 is 1.20 bits per heavy atom. The van der Waals surface area contributed by atoms with Gasteiger partial charge in [0.1, 0.15) is 11.6 Å². The molecular formula is C14H20N6. The molecule has 106 valence electrons. The monoisotopic (exact) mass is 272 g/mol. The lowest BCUT2D eigenvalue weighted by Crippen LogP contribution is -2.44. The molecule has 2 aromatic rings. The number of piperazine rings is 1. The molecule has 0 unspecified atom stereocenters. The molecule has 6 nitrogen and oxygen atoms in total. The van der Waals surface area contributed by atoms with Crippen LogP contribution in [-0.4, -0.2) is 53.1 Å². The van der Waals surface area contributed by atoms with Crippen LogP contribution >= 0.6 is 0 Å². The average Bonchev–Trinajstić information content (AvgIpc) is 3.00. The van der Waals surface area contributed by atoms with Crippen molar-refractivity contribution in [2.75, 3.05) is 43.4 Å². The Bertz CT molecular complexity index is 513. The second-order valence-electron chi connectivity index (χ2n) is 5.08. The first kappa shape index (κ1) is 12.9. The highest BCUT2D eigenvalue weighted by molar-refractivity contribution is 5.49. The van der Waals surface area contributed by atoms with Crippen molar-refractivity contribution < 1.29 is 0 Å². The van der Waals surface area contributed by atoms with E-state index in [4.69, 9.17) is 0 Å². The number of nitrogens with one attached hydrogen (secondary N) is 2. The Hall–Kier alpha value is -2.08. The third-order valence-corrected chi connectivity index (χ3v) is 3.61. The van der Waals surface area contributed by atoms with Crippen LogP contribution in [0.3, 0.4) is 0 Å². The Morgan fingerprint density at radius 3 is 2.70 bits per heavy atom. The van der Waals surface area contributed by atoms with E-state index in [9.17, 15) is 0 Å². The predicted octanol–water partition coefficient (Wildman–Crippen LogP) is 1.17. The summed E-state index contributed by atoms with van der Waals surface area (Å²) >= 11 is 0. The van der Waals surface area contributed by atoms with Crippen LogP contribution in [-0.2, 0) is 6.54 Å². The molecule has 0 spiro atoms. The van der Waals surface area contributed by atoms with Gasteiger partial charge < -0.3 is 20.1 Å². The summed E-state index contributed by atoms with van der Waals surface area (Å²) in [6.45, 7) is 5.01. The number of hydrogen-bond donors (Lipinski definition) is 2. The minimum absolute atomic E-state index is 0.661. The zero-order valence-corrected chi connectivity index (χ0v) is 11.7. The summed E-state index contributed by atoms with van der Waals surface area (Å²) in [4.78, 5) is 16.4. The molecule has 0 bridgehead atoms.